The summed E-state index contributed by atoms with van der Waals surface area (Å²) in [6.07, 6.45) is -0.621. The van der Waals surface area contributed by atoms with Gasteiger partial charge in [-0.1, -0.05) is 0 Å². The number of nitrogens with one attached hydrogen (secondary N) is 2. The Hall–Kier alpha value is -1.36. The van der Waals surface area contributed by atoms with Crippen molar-refractivity contribution in [2.45, 2.75) is 46.3 Å². The Balaban J connectivity index is 2.89. The maximum absolute atomic E-state index is 12.0. The maximum atomic E-state index is 12.0. The molecule has 0 saturated carbocycles. The lowest BCUT2D eigenvalue weighted by atomic mass is 9.98. The highest BCUT2D eigenvalue weighted by Gasteiger charge is 2.28. The highest BCUT2D eigenvalue weighted by atomic mass is 16.3. The van der Waals surface area contributed by atoms with Gasteiger partial charge in [0.2, 0.25) is 0 Å². The Morgan fingerprint density at radius 1 is 1.50 bits per heavy atom. The Bertz CT molecular complexity index is 374. The molecule has 1 aromatic rings. The highest BCUT2D eigenvalue weighted by molar-refractivity contribution is 5.96. The molecule has 3 N–H and O–H groups in total. The maximum Gasteiger partial charge on any atom is 0.255 e. The average Bonchev–Trinajstić information content (AvgIpc) is 2.44. The Morgan fingerprint density at radius 3 is 2.44 bits per heavy atom. The normalized spacial score (nSPS) is 13.6. The third kappa shape index (κ3) is 2.41. The summed E-state index contributed by atoms with van der Waals surface area (Å²) in [6.45, 7) is 8.77. The van der Waals surface area contributed by atoms with E-state index in [-0.39, 0.29) is 5.91 Å². The first-order chi connectivity index (χ1) is 7.25. The van der Waals surface area contributed by atoms with Gasteiger partial charge < -0.3 is 10.4 Å². The molecule has 5 nitrogen and oxygen atoms in total. The minimum Gasteiger partial charge on any atom is -0.391 e. The molecule has 0 saturated heterocycles. The van der Waals surface area contributed by atoms with E-state index in [0.29, 0.717) is 11.3 Å². The van der Waals surface area contributed by atoms with E-state index in [1.807, 2.05) is 0 Å². The fourth-order valence-corrected chi connectivity index (χ4v) is 1.35. The van der Waals surface area contributed by atoms with Crippen molar-refractivity contribution in [1.82, 2.24) is 15.5 Å². The molecule has 0 bridgehead atoms. The van der Waals surface area contributed by atoms with Crippen LogP contribution in [0.3, 0.4) is 0 Å². The molecule has 0 fully saturated rings. The minimum absolute atomic E-state index is 0.213. The first-order valence-electron chi connectivity index (χ1n) is 5.28. The van der Waals surface area contributed by atoms with E-state index in [1.165, 1.54) is 0 Å². The number of carbonyl (C=O) groups is 1. The SMILES string of the molecule is Cc1n[nH]c(C)c1C(=O)NC(C)(C)C(C)O. The quantitative estimate of drug-likeness (QED) is 0.715. The zero-order valence-electron chi connectivity index (χ0n) is 10.4. The fraction of sp³-hybridized carbons (Fsp3) is 0.636. The summed E-state index contributed by atoms with van der Waals surface area (Å²) in [5.41, 5.74) is 1.29. The van der Waals surface area contributed by atoms with Crippen LogP contribution in [-0.4, -0.2) is 32.9 Å². The molecule has 90 valence electrons. The van der Waals surface area contributed by atoms with Crippen LogP contribution in [0.1, 0.15) is 42.5 Å². The van der Waals surface area contributed by atoms with E-state index in [1.54, 1.807) is 34.6 Å². The third-order valence-electron chi connectivity index (χ3n) is 2.84. The molecule has 1 amide bonds. The molecule has 1 heterocycles. The van der Waals surface area contributed by atoms with E-state index in [4.69, 9.17) is 0 Å². The van der Waals surface area contributed by atoms with Crippen LogP contribution in [0.15, 0.2) is 0 Å². The van der Waals surface area contributed by atoms with E-state index in [9.17, 15) is 9.90 Å². The molecule has 1 rings (SSSR count). The smallest absolute Gasteiger partial charge is 0.255 e. The fourth-order valence-electron chi connectivity index (χ4n) is 1.35. The van der Waals surface area contributed by atoms with Gasteiger partial charge in [0, 0.05) is 5.69 Å². The molecule has 5 heteroatoms. The number of aryl methyl sites for hydroxylation is 2. The first kappa shape index (κ1) is 12.7. The van der Waals surface area contributed by atoms with E-state index in [0.717, 1.165) is 5.69 Å². The second kappa shape index (κ2) is 4.25. The van der Waals surface area contributed by atoms with E-state index in [2.05, 4.69) is 15.5 Å². The second-order valence-corrected chi connectivity index (χ2v) is 4.66. The molecule has 16 heavy (non-hydrogen) atoms. The topological polar surface area (TPSA) is 78.0 Å². The zero-order valence-corrected chi connectivity index (χ0v) is 10.4. The number of hydrogen-bond acceptors (Lipinski definition) is 3. The van der Waals surface area contributed by atoms with Gasteiger partial charge in [-0.15, -0.1) is 0 Å². The number of aromatic amines is 1. The van der Waals surface area contributed by atoms with Gasteiger partial charge in [0.15, 0.2) is 0 Å². The molecule has 0 aromatic carbocycles. The van der Waals surface area contributed by atoms with Crippen molar-refractivity contribution >= 4 is 5.91 Å². The van der Waals surface area contributed by atoms with Crippen LogP contribution >= 0.6 is 0 Å². The molecular formula is C11H19N3O2. The van der Waals surface area contributed by atoms with Gasteiger partial charge in [-0.2, -0.15) is 5.10 Å². The number of aromatic nitrogens is 2. The molecule has 0 spiro atoms. The number of carbonyl (C=O) groups excluding carboxylic acids is 1. The predicted octanol–water partition coefficient (Wildman–Crippen LogP) is 0.916. The molecule has 1 unspecified atom stereocenters. The molecule has 1 aromatic heterocycles. The highest BCUT2D eigenvalue weighted by Crippen LogP contribution is 2.13. The number of aliphatic hydroxyl groups is 1. The number of hydrogen-bond donors (Lipinski definition) is 3. The first-order valence-corrected chi connectivity index (χ1v) is 5.28. The van der Waals surface area contributed by atoms with Crippen LogP contribution in [0.5, 0.6) is 0 Å². The predicted molar refractivity (Wildman–Crippen MR) is 61.3 cm³/mol. The monoisotopic (exact) mass is 225 g/mol. The van der Waals surface area contributed by atoms with Crippen molar-refractivity contribution < 1.29 is 9.90 Å². The van der Waals surface area contributed by atoms with Gasteiger partial charge in [0.25, 0.3) is 5.91 Å². The van der Waals surface area contributed by atoms with Crippen molar-refractivity contribution in [3.63, 3.8) is 0 Å². The summed E-state index contributed by atoms with van der Waals surface area (Å²) < 4.78 is 0. The molecule has 1 atom stereocenters. The van der Waals surface area contributed by atoms with Crippen molar-refractivity contribution in [2.75, 3.05) is 0 Å². The van der Waals surface area contributed by atoms with E-state index < -0.39 is 11.6 Å². The lowest BCUT2D eigenvalue weighted by Crippen LogP contribution is -2.51. The summed E-state index contributed by atoms with van der Waals surface area (Å²) in [5.74, 6) is -0.213. The van der Waals surface area contributed by atoms with Gasteiger partial charge in [0.1, 0.15) is 0 Å². The minimum atomic E-state index is -0.659. The Labute approximate surface area is 95.3 Å². The number of H-pyrrole nitrogens is 1. The molecular weight excluding hydrogens is 206 g/mol. The van der Waals surface area contributed by atoms with Crippen LogP contribution in [0, 0.1) is 13.8 Å². The van der Waals surface area contributed by atoms with Crippen LogP contribution in [-0.2, 0) is 0 Å². The number of aliphatic hydroxyl groups excluding tert-OH is 1. The molecule has 0 aliphatic rings. The molecule has 0 aliphatic carbocycles. The summed E-state index contributed by atoms with van der Waals surface area (Å²) >= 11 is 0. The van der Waals surface area contributed by atoms with Gasteiger partial charge >= 0.3 is 0 Å². The standard InChI is InChI=1S/C11H19N3O2/c1-6-9(7(2)14-13-6)10(16)12-11(4,5)8(3)15/h8,15H,1-5H3,(H,12,16)(H,13,14). The van der Waals surface area contributed by atoms with Crippen LogP contribution in [0.4, 0.5) is 0 Å². The summed E-state index contributed by atoms with van der Waals surface area (Å²) in [6, 6.07) is 0. The zero-order chi connectivity index (χ0) is 12.5. The second-order valence-electron chi connectivity index (χ2n) is 4.66. The lowest BCUT2D eigenvalue weighted by molar-refractivity contribution is 0.0708. The summed E-state index contributed by atoms with van der Waals surface area (Å²) in [4.78, 5) is 12.0. The average molecular weight is 225 g/mol. The summed E-state index contributed by atoms with van der Waals surface area (Å²) in [5, 5.41) is 19.0. The van der Waals surface area contributed by atoms with E-state index >= 15 is 0 Å². The summed E-state index contributed by atoms with van der Waals surface area (Å²) in [7, 11) is 0. The van der Waals surface area contributed by atoms with Crippen molar-refractivity contribution in [3.05, 3.63) is 17.0 Å². The molecule has 0 radical (unpaired) electrons. The third-order valence-corrected chi connectivity index (χ3v) is 2.84. The van der Waals surface area contributed by atoms with Gasteiger partial charge in [-0.3, -0.25) is 9.89 Å². The Kier molecular flexibility index (Phi) is 3.38. The van der Waals surface area contributed by atoms with Crippen molar-refractivity contribution in [2.24, 2.45) is 0 Å². The number of amides is 1. The Morgan fingerprint density at radius 2 is 2.06 bits per heavy atom. The van der Waals surface area contributed by atoms with Crippen LogP contribution in [0.2, 0.25) is 0 Å². The number of rotatable bonds is 3. The molecule has 0 aliphatic heterocycles. The lowest BCUT2D eigenvalue weighted by Gasteiger charge is -2.29. The number of nitrogens with zero attached hydrogens (tertiary/aromatic N) is 1. The van der Waals surface area contributed by atoms with Crippen molar-refractivity contribution in [1.29, 1.82) is 0 Å². The van der Waals surface area contributed by atoms with Gasteiger partial charge in [0.05, 0.1) is 22.9 Å². The van der Waals surface area contributed by atoms with Gasteiger partial charge in [-0.25, -0.2) is 0 Å². The largest absolute Gasteiger partial charge is 0.391 e. The van der Waals surface area contributed by atoms with Gasteiger partial charge in [-0.05, 0) is 34.6 Å². The van der Waals surface area contributed by atoms with Crippen molar-refractivity contribution in [3.8, 4) is 0 Å². The van der Waals surface area contributed by atoms with Crippen LogP contribution in [0.25, 0.3) is 0 Å². The van der Waals surface area contributed by atoms with Crippen LogP contribution < -0.4 is 5.32 Å².